The summed E-state index contributed by atoms with van der Waals surface area (Å²) in [5.74, 6) is 0. The zero-order valence-corrected chi connectivity index (χ0v) is 5.03. The molecule has 0 aromatic heterocycles. The molecule has 0 atom stereocenters. The summed E-state index contributed by atoms with van der Waals surface area (Å²) in [4.78, 5) is 2.46. The van der Waals surface area contributed by atoms with Crippen molar-refractivity contribution in [3.8, 4) is 0 Å². The quantitative estimate of drug-likeness (QED) is 0.266. The van der Waals surface area contributed by atoms with Gasteiger partial charge in [-0.15, -0.1) is 0 Å². The van der Waals surface area contributed by atoms with E-state index in [0.29, 0.717) is 0 Å². The molecular weight excluding hydrogens is 193 g/mol. The van der Waals surface area contributed by atoms with E-state index in [1.54, 1.807) is 4.08 Å². The Morgan fingerprint density at radius 2 is 2.50 bits per heavy atom. The molecule has 0 spiro atoms. The zero-order valence-electron chi connectivity index (χ0n) is 2.87. The van der Waals surface area contributed by atoms with Crippen molar-refractivity contribution < 1.29 is 0 Å². The molecule has 0 amide bonds. The lowest BCUT2D eigenvalue weighted by Crippen LogP contribution is -1.29. The van der Waals surface area contributed by atoms with Crippen LogP contribution in [0, 0.1) is 0 Å². The lowest BCUT2D eigenvalue weighted by molar-refractivity contribution is 1.53. The second kappa shape index (κ2) is 4.78. The highest BCUT2D eigenvalue weighted by atomic mass is 127. The Hall–Kier alpha value is -0.220. The largest absolute Gasteiger partial charge is 0.0681 e. The Morgan fingerprint density at radius 1 is 1.83 bits per heavy atom. The molecule has 4 heteroatoms. The number of hydrogen-bond acceptors (Lipinski definition) is 1. The van der Waals surface area contributed by atoms with Gasteiger partial charge in [0.1, 0.15) is 0 Å². The van der Waals surface area contributed by atoms with Crippen molar-refractivity contribution in [2.24, 2.45) is 5.11 Å². The van der Waals surface area contributed by atoms with Crippen molar-refractivity contribution in [3.05, 3.63) is 20.7 Å². The number of nitrogens with zero attached hydrogens (tertiary/aromatic N) is 3. The predicted octanol–water partition coefficient (Wildman–Crippen LogP) is 2.20. The third kappa shape index (κ3) is 3.78. The third-order valence-corrected chi connectivity index (χ3v) is 0.496. The second-order valence-corrected chi connectivity index (χ2v) is 1.20. The first-order valence-corrected chi connectivity index (χ1v) is 2.46. The Balaban J connectivity index is 3.33. The van der Waals surface area contributed by atoms with Crippen LogP contribution in [0.15, 0.2) is 15.4 Å². The molecule has 0 aliphatic rings. The van der Waals surface area contributed by atoms with Gasteiger partial charge in [0.2, 0.25) is 0 Å². The van der Waals surface area contributed by atoms with Crippen LogP contribution in [-0.4, -0.2) is 0 Å². The number of hydrogen-bond donors (Lipinski definition) is 0. The van der Waals surface area contributed by atoms with Gasteiger partial charge < -0.3 is 0 Å². The molecule has 0 aliphatic heterocycles. The highest BCUT2D eigenvalue weighted by Gasteiger charge is 1.49. The topological polar surface area (TPSA) is 48.8 Å². The van der Waals surface area contributed by atoms with Crippen molar-refractivity contribution in [2.45, 2.75) is 0 Å². The molecule has 0 unspecified atom stereocenters. The van der Waals surface area contributed by atoms with Gasteiger partial charge in [-0.3, -0.25) is 0 Å². The maximum atomic E-state index is 7.60. The van der Waals surface area contributed by atoms with Gasteiger partial charge in [-0.25, -0.2) is 0 Å². The summed E-state index contributed by atoms with van der Waals surface area (Å²) in [6.07, 6.45) is 1.38. The van der Waals surface area contributed by atoms with Crippen molar-refractivity contribution in [1.82, 2.24) is 0 Å². The van der Waals surface area contributed by atoms with E-state index in [0.717, 1.165) is 0 Å². The van der Waals surface area contributed by atoms with Gasteiger partial charge in [0.25, 0.3) is 0 Å². The molecule has 0 fully saturated rings. The van der Waals surface area contributed by atoms with Gasteiger partial charge in [-0.1, -0.05) is 27.7 Å². The minimum absolute atomic E-state index is 1.38. The summed E-state index contributed by atoms with van der Waals surface area (Å²) in [7, 11) is 0. The smallest absolute Gasteiger partial charge is 0.00697 e. The number of rotatable bonds is 1. The van der Waals surface area contributed by atoms with E-state index in [1.807, 2.05) is 22.6 Å². The summed E-state index contributed by atoms with van der Waals surface area (Å²) in [5, 5.41) is 3.08. The molecule has 0 heterocycles. The van der Waals surface area contributed by atoms with E-state index in [1.165, 1.54) is 6.20 Å². The molecule has 6 heavy (non-hydrogen) atoms. The summed E-state index contributed by atoms with van der Waals surface area (Å²) in [6, 6.07) is 0. The normalized spacial score (nSPS) is 8.17. The monoisotopic (exact) mass is 195 g/mol. The molecule has 0 aromatic carbocycles. The number of azide groups is 1. The lowest BCUT2D eigenvalue weighted by Gasteiger charge is -1.53. The van der Waals surface area contributed by atoms with Crippen LogP contribution in [0.4, 0.5) is 0 Å². The summed E-state index contributed by atoms with van der Waals surface area (Å²) >= 11 is 1.97. The first-order valence-electron chi connectivity index (χ1n) is 1.21. The SMILES string of the molecule is [N-]=[N+]=N/C=C\I. The Labute approximate surface area is 48.8 Å². The zero-order chi connectivity index (χ0) is 4.83. The van der Waals surface area contributed by atoms with Crippen LogP contribution in [0.2, 0.25) is 0 Å². The summed E-state index contributed by atoms with van der Waals surface area (Å²) in [5.41, 5.74) is 7.60. The van der Waals surface area contributed by atoms with E-state index in [-0.39, 0.29) is 0 Å². The average Bonchev–Trinajstić information content (AvgIpc) is 1.61. The molecule has 0 rings (SSSR count). The second-order valence-electron chi connectivity index (χ2n) is 0.480. The molecule has 0 bridgehead atoms. The Kier molecular flexibility index (Phi) is 4.60. The standard InChI is InChI=1S/C2H2IN3/c3-1-2-5-6-4/h1-2H/b2-1-. The van der Waals surface area contributed by atoms with Crippen LogP contribution in [0.5, 0.6) is 0 Å². The van der Waals surface area contributed by atoms with E-state index in [2.05, 4.69) is 10.0 Å². The fourth-order valence-electron chi connectivity index (χ4n) is 0.0550. The molecule has 0 N–H and O–H groups in total. The molecular formula is C2H2IN3. The highest BCUT2D eigenvalue weighted by Crippen LogP contribution is 1.82. The Bertz CT molecular complexity index is 91.0. The molecule has 0 aliphatic carbocycles. The van der Waals surface area contributed by atoms with Crippen LogP contribution >= 0.6 is 22.6 Å². The van der Waals surface area contributed by atoms with Crippen LogP contribution in [0.3, 0.4) is 0 Å². The minimum Gasteiger partial charge on any atom is -0.0681 e. The van der Waals surface area contributed by atoms with Gasteiger partial charge in [0.05, 0.1) is 0 Å². The van der Waals surface area contributed by atoms with Gasteiger partial charge in [-0.05, 0) is 9.61 Å². The van der Waals surface area contributed by atoms with Crippen LogP contribution < -0.4 is 0 Å². The van der Waals surface area contributed by atoms with Crippen LogP contribution in [0.1, 0.15) is 0 Å². The molecule has 3 nitrogen and oxygen atoms in total. The summed E-state index contributed by atoms with van der Waals surface area (Å²) in [6.45, 7) is 0. The Morgan fingerprint density at radius 3 is 2.67 bits per heavy atom. The molecule has 32 valence electrons. The van der Waals surface area contributed by atoms with Crippen molar-refractivity contribution in [1.29, 1.82) is 0 Å². The maximum Gasteiger partial charge on any atom is 0.00697 e. The van der Waals surface area contributed by atoms with Crippen molar-refractivity contribution in [3.63, 3.8) is 0 Å². The van der Waals surface area contributed by atoms with Gasteiger partial charge >= 0.3 is 0 Å². The average molecular weight is 195 g/mol. The maximum absolute atomic E-state index is 7.60. The van der Waals surface area contributed by atoms with Crippen molar-refractivity contribution >= 4 is 22.6 Å². The van der Waals surface area contributed by atoms with E-state index >= 15 is 0 Å². The third-order valence-electron chi connectivity index (χ3n) is 0.175. The van der Waals surface area contributed by atoms with E-state index in [4.69, 9.17) is 5.53 Å². The predicted molar refractivity (Wildman–Crippen MR) is 32.3 cm³/mol. The lowest BCUT2D eigenvalue weighted by atomic mass is 11.1. The first kappa shape index (κ1) is 5.78. The highest BCUT2D eigenvalue weighted by molar-refractivity contribution is 14.1. The van der Waals surface area contributed by atoms with Gasteiger partial charge in [-0.2, -0.15) is 0 Å². The van der Waals surface area contributed by atoms with Crippen LogP contribution in [-0.2, 0) is 0 Å². The molecule has 0 saturated carbocycles. The molecule has 0 saturated heterocycles. The fourth-order valence-corrected chi connectivity index (χ4v) is 0.199. The number of halogens is 1. The first-order chi connectivity index (χ1) is 2.91. The van der Waals surface area contributed by atoms with Gasteiger partial charge in [0.15, 0.2) is 0 Å². The van der Waals surface area contributed by atoms with Crippen molar-refractivity contribution in [2.75, 3.05) is 0 Å². The minimum atomic E-state index is 1.38. The van der Waals surface area contributed by atoms with E-state index < -0.39 is 0 Å². The van der Waals surface area contributed by atoms with E-state index in [9.17, 15) is 0 Å². The van der Waals surface area contributed by atoms with Gasteiger partial charge in [0, 0.05) is 11.1 Å². The molecule has 0 aromatic rings. The molecule has 0 radical (unpaired) electrons. The fraction of sp³-hybridized carbons (Fsp3) is 0. The van der Waals surface area contributed by atoms with Crippen LogP contribution in [0.25, 0.3) is 10.4 Å². The summed E-state index contributed by atoms with van der Waals surface area (Å²) < 4.78 is 1.64.